The van der Waals surface area contributed by atoms with Crippen LogP contribution in [0.2, 0.25) is 0 Å². The molecule has 22 heavy (non-hydrogen) atoms. The van der Waals surface area contributed by atoms with Gasteiger partial charge in [0.25, 0.3) is 5.56 Å². The average Bonchev–Trinajstić information content (AvgIpc) is 2.51. The van der Waals surface area contributed by atoms with Gasteiger partial charge in [0.1, 0.15) is 12.3 Å². The van der Waals surface area contributed by atoms with E-state index in [1.54, 1.807) is 6.07 Å². The van der Waals surface area contributed by atoms with Crippen molar-refractivity contribution in [2.45, 2.75) is 20.4 Å². The molecule has 0 spiro atoms. The Bertz CT molecular complexity index is 693. The van der Waals surface area contributed by atoms with Crippen LogP contribution < -0.4 is 15.6 Å². The summed E-state index contributed by atoms with van der Waals surface area (Å²) in [7, 11) is 0. The van der Waals surface area contributed by atoms with Gasteiger partial charge in [-0.05, 0) is 44.2 Å². The second kappa shape index (κ2) is 7.40. The highest BCUT2D eigenvalue weighted by Crippen LogP contribution is 2.19. The van der Waals surface area contributed by atoms with E-state index in [-0.39, 0.29) is 18.0 Å². The molecular formula is C16H19N3O3. The highest BCUT2D eigenvalue weighted by molar-refractivity contribution is 5.75. The number of hydrogen-bond donors (Lipinski definition) is 1. The molecule has 0 radical (unpaired) electrons. The number of hydrogen-bond acceptors (Lipinski definition) is 4. The van der Waals surface area contributed by atoms with Gasteiger partial charge in [-0.2, -0.15) is 5.10 Å². The van der Waals surface area contributed by atoms with E-state index in [4.69, 9.17) is 4.74 Å². The quantitative estimate of drug-likeness (QED) is 0.876. The molecule has 0 aliphatic rings. The summed E-state index contributed by atoms with van der Waals surface area (Å²) in [4.78, 5) is 23.4. The lowest BCUT2D eigenvalue weighted by Crippen LogP contribution is -2.33. The number of aromatic nitrogens is 2. The van der Waals surface area contributed by atoms with Crippen LogP contribution in [0, 0.1) is 0 Å². The van der Waals surface area contributed by atoms with E-state index in [0.717, 1.165) is 16.0 Å². The molecule has 0 aliphatic carbocycles. The smallest absolute Gasteiger partial charge is 0.267 e. The number of carbonyl (C=O) groups is 1. The van der Waals surface area contributed by atoms with E-state index in [9.17, 15) is 9.59 Å². The highest BCUT2D eigenvalue weighted by Gasteiger charge is 2.07. The van der Waals surface area contributed by atoms with E-state index < -0.39 is 0 Å². The van der Waals surface area contributed by atoms with Crippen molar-refractivity contribution in [1.29, 1.82) is 0 Å². The lowest BCUT2D eigenvalue weighted by Gasteiger charge is -2.08. The normalized spacial score (nSPS) is 10.3. The summed E-state index contributed by atoms with van der Waals surface area (Å²) in [5.74, 6) is 0.544. The number of rotatable bonds is 6. The maximum Gasteiger partial charge on any atom is 0.267 e. The van der Waals surface area contributed by atoms with Crippen LogP contribution in [0.5, 0.6) is 5.75 Å². The first kappa shape index (κ1) is 15.8. The Morgan fingerprint density at radius 1 is 1.18 bits per heavy atom. The second-order valence-corrected chi connectivity index (χ2v) is 4.63. The Hall–Kier alpha value is -2.63. The molecule has 1 heterocycles. The maximum atomic E-state index is 11.8. The number of amides is 1. The Balaban J connectivity index is 2.24. The summed E-state index contributed by atoms with van der Waals surface area (Å²) in [6.45, 7) is 4.79. The molecule has 2 aromatic rings. The van der Waals surface area contributed by atoms with Crippen molar-refractivity contribution in [3.8, 4) is 17.0 Å². The fourth-order valence-electron chi connectivity index (χ4n) is 1.99. The molecule has 2 rings (SSSR count). The molecular weight excluding hydrogens is 282 g/mol. The molecule has 6 nitrogen and oxygen atoms in total. The lowest BCUT2D eigenvalue weighted by atomic mass is 10.1. The molecule has 0 fully saturated rings. The molecule has 1 aromatic heterocycles. The van der Waals surface area contributed by atoms with Crippen LogP contribution in [-0.2, 0) is 11.3 Å². The molecule has 0 saturated carbocycles. The molecule has 1 aromatic carbocycles. The molecule has 0 bridgehead atoms. The van der Waals surface area contributed by atoms with Crippen molar-refractivity contribution in [2.75, 3.05) is 13.2 Å². The minimum atomic E-state index is -0.305. The highest BCUT2D eigenvalue weighted by atomic mass is 16.5. The zero-order valence-electron chi connectivity index (χ0n) is 12.7. The van der Waals surface area contributed by atoms with E-state index >= 15 is 0 Å². The van der Waals surface area contributed by atoms with E-state index in [1.165, 1.54) is 6.07 Å². The zero-order valence-corrected chi connectivity index (χ0v) is 12.7. The molecule has 1 amide bonds. The van der Waals surface area contributed by atoms with Gasteiger partial charge in [-0.25, -0.2) is 4.68 Å². The van der Waals surface area contributed by atoms with Crippen LogP contribution in [0.25, 0.3) is 11.3 Å². The minimum absolute atomic E-state index is 0.0858. The lowest BCUT2D eigenvalue weighted by molar-refractivity contribution is -0.121. The van der Waals surface area contributed by atoms with Gasteiger partial charge in [0, 0.05) is 18.2 Å². The van der Waals surface area contributed by atoms with Crippen molar-refractivity contribution in [3.05, 3.63) is 46.8 Å². The Labute approximate surface area is 128 Å². The van der Waals surface area contributed by atoms with Crippen LogP contribution >= 0.6 is 0 Å². The van der Waals surface area contributed by atoms with Crippen molar-refractivity contribution in [3.63, 3.8) is 0 Å². The van der Waals surface area contributed by atoms with Gasteiger partial charge in [0.2, 0.25) is 5.91 Å². The molecule has 0 atom stereocenters. The van der Waals surface area contributed by atoms with Gasteiger partial charge in [-0.1, -0.05) is 0 Å². The number of likely N-dealkylation sites (N-methyl/N-ethyl adjacent to an activating group) is 1. The van der Waals surface area contributed by atoms with Crippen molar-refractivity contribution < 1.29 is 9.53 Å². The van der Waals surface area contributed by atoms with Gasteiger partial charge >= 0.3 is 0 Å². The Morgan fingerprint density at radius 2 is 1.91 bits per heavy atom. The SMILES string of the molecule is CCNC(=O)Cn1nc(-c2ccc(OCC)cc2)ccc1=O. The van der Waals surface area contributed by atoms with Crippen molar-refractivity contribution >= 4 is 5.91 Å². The molecule has 1 N–H and O–H groups in total. The first-order chi connectivity index (χ1) is 10.6. The number of ether oxygens (including phenoxy) is 1. The first-order valence-electron chi connectivity index (χ1n) is 7.22. The van der Waals surface area contributed by atoms with Crippen molar-refractivity contribution in [1.82, 2.24) is 15.1 Å². The van der Waals surface area contributed by atoms with E-state index in [2.05, 4.69) is 10.4 Å². The third-order valence-corrected chi connectivity index (χ3v) is 3.00. The topological polar surface area (TPSA) is 73.2 Å². The van der Waals surface area contributed by atoms with E-state index in [1.807, 2.05) is 38.1 Å². The van der Waals surface area contributed by atoms with Crippen LogP contribution in [-0.4, -0.2) is 28.8 Å². The van der Waals surface area contributed by atoms with Crippen LogP contribution in [0.4, 0.5) is 0 Å². The predicted molar refractivity (Wildman–Crippen MR) is 83.8 cm³/mol. The third kappa shape index (κ3) is 3.94. The van der Waals surface area contributed by atoms with Crippen LogP contribution in [0.3, 0.4) is 0 Å². The maximum absolute atomic E-state index is 11.8. The number of carbonyl (C=O) groups excluding carboxylic acids is 1. The summed E-state index contributed by atoms with van der Waals surface area (Å²) in [6.07, 6.45) is 0. The van der Waals surface area contributed by atoms with E-state index in [0.29, 0.717) is 18.8 Å². The summed E-state index contributed by atoms with van der Waals surface area (Å²) < 4.78 is 6.55. The zero-order chi connectivity index (χ0) is 15.9. The third-order valence-electron chi connectivity index (χ3n) is 3.00. The van der Waals surface area contributed by atoms with Crippen LogP contribution in [0.15, 0.2) is 41.2 Å². The molecule has 0 unspecified atom stereocenters. The molecule has 0 aliphatic heterocycles. The number of benzene rings is 1. The van der Waals surface area contributed by atoms with Gasteiger partial charge in [-0.3, -0.25) is 9.59 Å². The predicted octanol–water partition coefficient (Wildman–Crippen LogP) is 1.45. The van der Waals surface area contributed by atoms with Gasteiger partial charge in [0.15, 0.2) is 0 Å². The molecule has 116 valence electrons. The second-order valence-electron chi connectivity index (χ2n) is 4.63. The summed E-state index contributed by atoms with van der Waals surface area (Å²) in [5, 5.41) is 6.89. The Kier molecular flexibility index (Phi) is 5.30. The van der Waals surface area contributed by atoms with Crippen LogP contribution in [0.1, 0.15) is 13.8 Å². The number of nitrogens with zero attached hydrogens (tertiary/aromatic N) is 2. The average molecular weight is 301 g/mol. The largest absolute Gasteiger partial charge is 0.494 e. The molecule has 0 saturated heterocycles. The summed E-state index contributed by atoms with van der Waals surface area (Å²) in [6, 6.07) is 10.5. The van der Waals surface area contributed by atoms with Gasteiger partial charge in [-0.15, -0.1) is 0 Å². The molecule has 6 heteroatoms. The van der Waals surface area contributed by atoms with Gasteiger partial charge < -0.3 is 10.1 Å². The Morgan fingerprint density at radius 3 is 2.55 bits per heavy atom. The van der Waals surface area contributed by atoms with Crippen molar-refractivity contribution in [2.24, 2.45) is 0 Å². The number of nitrogens with one attached hydrogen (secondary N) is 1. The first-order valence-corrected chi connectivity index (χ1v) is 7.22. The monoisotopic (exact) mass is 301 g/mol. The standard InChI is InChI=1S/C16H19N3O3/c1-3-17-15(20)11-19-16(21)10-9-14(18-19)12-5-7-13(8-6-12)22-4-2/h5-10H,3-4,11H2,1-2H3,(H,17,20). The fourth-order valence-corrected chi connectivity index (χ4v) is 1.99. The van der Waals surface area contributed by atoms with Gasteiger partial charge in [0.05, 0.1) is 12.3 Å². The summed E-state index contributed by atoms with van der Waals surface area (Å²) in [5.41, 5.74) is 1.18. The summed E-state index contributed by atoms with van der Waals surface area (Å²) >= 11 is 0. The minimum Gasteiger partial charge on any atom is -0.494 e. The fraction of sp³-hybridized carbons (Fsp3) is 0.312.